The quantitative estimate of drug-likeness (QED) is 0.807. The Kier molecular flexibility index (Phi) is 5.15. The maximum atomic E-state index is 12.9. The Morgan fingerprint density at radius 3 is 2.38 bits per heavy atom. The van der Waals surface area contributed by atoms with Crippen molar-refractivity contribution in [2.24, 2.45) is 0 Å². The van der Waals surface area contributed by atoms with Gasteiger partial charge in [-0.05, 0) is 43.5 Å². The summed E-state index contributed by atoms with van der Waals surface area (Å²) in [6, 6.07) is 5.44. The number of aromatic nitrogens is 2. The van der Waals surface area contributed by atoms with Gasteiger partial charge in [-0.15, -0.1) is 0 Å². The molecule has 1 aromatic carbocycles. The molecule has 0 spiro atoms. The third-order valence-electron chi connectivity index (χ3n) is 4.61. The fourth-order valence-corrected chi connectivity index (χ4v) is 4.83. The number of carbonyl (C=O) groups is 1. The lowest BCUT2D eigenvalue weighted by Gasteiger charge is -2.34. The van der Waals surface area contributed by atoms with Gasteiger partial charge >= 0.3 is 0 Å². The Balaban J connectivity index is 1.66. The Morgan fingerprint density at radius 2 is 1.77 bits per heavy atom. The zero-order valence-corrected chi connectivity index (χ0v) is 16.2. The van der Waals surface area contributed by atoms with Gasteiger partial charge in [0.1, 0.15) is 6.54 Å². The first-order valence-corrected chi connectivity index (χ1v) is 10.1. The smallest absolute Gasteiger partial charge is 0.244 e. The highest BCUT2D eigenvalue weighted by molar-refractivity contribution is 7.89. The van der Waals surface area contributed by atoms with E-state index in [4.69, 9.17) is 0 Å². The Bertz CT molecular complexity index is 912. The number of benzene rings is 1. The van der Waals surface area contributed by atoms with Gasteiger partial charge in [0.05, 0.1) is 11.1 Å². The lowest BCUT2D eigenvalue weighted by Crippen LogP contribution is -2.51. The number of carbonyl (C=O) groups excluding carboxylic acids is 1. The molecular formula is C18H24N4O3S. The van der Waals surface area contributed by atoms with Gasteiger partial charge in [-0.1, -0.05) is 12.1 Å². The van der Waals surface area contributed by atoms with E-state index in [1.165, 1.54) is 4.31 Å². The fraction of sp³-hybridized carbons (Fsp3) is 0.444. The molecule has 2 aromatic rings. The van der Waals surface area contributed by atoms with Crippen LogP contribution >= 0.6 is 0 Å². The van der Waals surface area contributed by atoms with E-state index in [0.717, 1.165) is 16.7 Å². The number of aryl methyl sites for hydroxylation is 3. The third-order valence-corrected chi connectivity index (χ3v) is 6.65. The van der Waals surface area contributed by atoms with Crippen LogP contribution in [0.4, 0.5) is 0 Å². The molecule has 3 rings (SSSR count). The largest absolute Gasteiger partial charge is 0.338 e. The van der Waals surface area contributed by atoms with Gasteiger partial charge in [-0.2, -0.15) is 9.40 Å². The van der Waals surface area contributed by atoms with Crippen molar-refractivity contribution in [1.82, 2.24) is 19.0 Å². The fourth-order valence-electron chi connectivity index (χ4n) is 3.09. The second-order valence-electron chi connectivity index (χ2n) is 6.77. The summed E-state index contributed by atoms with van der Waals surface area (Å²) >= 11 is 0. The van der Waals surface area contributed by atoms with E-state index in [1.807, 2.05) is 32.2 Å². The van der Waals surface area contributed by atoms with Gasteiger partial charge in [-0.3, -0.25) is 9.48 Å². The predicted molar refractivity (Wildman–Crippen MR) is 98.2 cm³/mol. The highest BCUT2D eigenvalue weighted by atomic mass is 32.2. The van der Waals surface area contributed by atoms with Crippen LogP contribution in [0, 0.1) is 20.8 Å². The molecule has 1 aromatic heterocycles. The molecule has 0 bridgehead atoms. The number of rotatable bonds is 4. The summed E-state index contributed by atoms with van der Waals surface area (Å²) in [5.74, 6) is -0.0446. The molecule has 1 amide bonds. The summed E-state index contributed by atoms with van der Waals surface area (Å²) in [6.07, 6.45) is 3.53. The number of nitrogens with zero attached hydrogens (tertiary/aromatic N) is 4. The second-order valence-corrected chi connectivity index (χ2v) is 8.68. The molecule has 8 heteroatoms. The van der Waals surface area contributed by atoms with E-state index in [2.05, 4.69) is 5.10 Å². The van der Waals surface area contributed by atoms with Crippen molar-refractivity contribution in [2.45, 2.75) is 32.2 Å². The van der Waals surface area contributed by atoms with Crippen LogP contribution in [0.2, 0.25) is 0 Å². The van der Waals surface area contributed by atoms with Crippen LogP contribution in [0.5, 0.6) is 0 Å². The number of amides is 1. The van der Waals surface area contributed by atoms with Gasteiger partial charge in [-0.25, -0.2) is 8.42 Å². The molecule has 2 heterocycles. The highest BCUT2D eigenvalue weighted by Crippen LogP contribution is 2.22. The van der Waals surface area contributed by atoms with E-state index in [-0.39, 0.29) is 12.5 Å². The molecule has 1 saturated heterocycles. The monoisotopic (exact) mass is 376 g/mol. The lowest BCUT2D eigenvalue weighted by atomic mass is 10.2. The minimum Gasteiger partial charge on any atom is -0.338 e. The molecule has 26 heavy (non-hydrogen) atoms. The third kappa shape index (κ3) is 3.81. The summed E-state index contributed by atoms with van der Waals surface area (Å²) in [4.78, 5) is 14.5. The average molecular weight is 376 g/mol. The van der Waals surface area contributed by atoms with Crippen LogP contribution in [0.1, 0.15) is 16.7 Å². The van der Waals surface area contributed by atoms with Crippen molar-refractivity contribution in [1.29, 1.82) is 0 Å². The topological polar surface area (TPSA) is 75.5 Å². The summed E-state index contributed by atoms with van der Waals surface area (Å²) in [6.45, 7) is 7.18. The lowest BCUT2D eigenvalue weighted by molar-refractivity contribution is -0.133. The molecule has 7 nitrogen and oxygen atoms in total. The maximum Gasteiger partial charge on any atom is 0.244 e. The molecule has 0 aliphatic carbocycles. The van der Waals surface area contributed by atoms with Crippen LogP contribution < -0.4 is 0 Å². The van der Waals surface area contributed by atoms with Crippen LogP contribution in [0.15, 0.2) is 35.5 Å². The van der Waals surface area contributed by atoms with Crippen molar-refractivity contribution in [2.75, 3.05) is 26.2 Å². The van der Waals surface area contributed by atoms with E-state index in [9.17, 15) is 13.2 Å². The molecule has 1 aliphatic heterocycles. The first kappa shape index (κ1) is 18.6. The number of hydrogen-bond acceptors (Lipinski definition) is 4. The van der Waals surface area contributed by atoms with Gasteiger partial charge in [0.25, 0.3) is 0 Å². The Hall–Kier alpha value is -2.19. The average Bonchev–Trinajstić information content (AvgIpc) is 3.02. The number of hydrogen-bond donors (Lipinski definition) is 0. The van der Waals surface area contributed by atoms with Gasteiger partial charge in [0.15, 0.2) is 0 Å². The summed E-state index contributed by atoms with van der Waals surface area (Å²) in [5.41, 5.74) is 2.66. The molecular weight excluding hydrogens is 352 g/mol. The van der Waals surface area contributed by atoms with Crippen LogP contribution in [-0.2, 0) is 21.4 Å². The molecule has 1 aliphatic rings. The van der Waals surface area contributed by atoms with Crippen molar-refractivity contribution in [3.05, 3.63) is 47.3 Å². The van der Waals surface area contributed by atoms with Crippen molar-refractivity contribution >= 4 is 15.9 Å². The molecule has 0 radical (unpaired) electrons. The molecule has 0 saturated carbocycles. The van der Waals surface area contributed by atoms with Crippen molar-refractivity contribution < 1.29 is 13.2 Å². The van der Waals surface area contributed by atoms with Crippen molar-refractivity contribution in [3.63, 3.8) is 0 Å². The van der Waals surface area contributed by atoms with Crippen LogP contribution in [0.25, 0.3) is 0 Å². The first-order valence-electron chi connectivity index (χ1n) is 8.61. The minimum absolute atomic E-state index is 0.0446. The number of sulfonamides is 1. The molecule has 0 atom stereocenters. The highest BCUT2D eigenvalue weighted by Gasteiger charge is 2.31. The van der Waals surface area contributed by atoms with Gasteiger partial charge < -0.3 is 4.90 Å². The minimum atomic E-state index is -3.54. The Labute approximate surface area is 154 Å². The SMILES string of the molecule is Cc1ccc(C)c(S(=O)(=O)N2CCN(C(=O)Cn3cc(C)cn3)CC2)c1. The van der Waals surface area contributed by atoms with E-state index >= 15 is 0 Å². The summed E-state index contributed by atoms with van der Waals surface area (Å²) < 4.78 is 29.0. The summed E-state index contributed by atoms with van der Waals surface area (Å²) in [5, 5.41) is 4.13. The predicted octanol–water partition coefficient (Wildman–Crippen LogP) is 1.34. The van der Waals surface area contributed by atoms with E-state index in [1.54, 1.807) is 28.8 Å². The zero-order chi connectivity index (χ0) is 18.9. The van der Waals surface area contributed by atoms with Gasteiger partial charge in [0, 0.05) is 32.4 Å². The van der Waals surface area contributed by atoms with Crippen LogP contribution in [0.3, 0.4) is 0 Å². The zero-order valence-electron chi connectivity index (χ0n) is 15.3. The normalized spacial score (nSPS) is 16.0. The summed E-state index contributed by atoms with van der Waals surface area (Å²) in [7, 11) is -3.54. The first-order chi connectivity index (χ1) is 12.3. The van der Waals surface area contributed by atoms with E-state index < -0.39 is 10.0 Å². The molecule has 0 unspecified atom stereocenters. The molecule has 0 N–H and O–H groups in total. The van der Waals surface area contributed by atoms with E-state index in [0.29, 0.717) is 31.1 Å². The van der Waals surface area contributed by atoms with Crippen molar-refractivity contribution in [3.8, 4) is 0 Å². The molecule has 140 valence electrons. The maximum absolute atomic E-state index is 12.9. The number of piperazine rings is 1. The van der Waals surface area contributed by atoms with Gasteiger partial charge in [0.2, 0.25) is 15.9 Å². The molecule has 1 fully saturated rings. The second kappa shape index (κ2) is 7.20. The standard InChI is InChI=1S/C18H24N4O3S/c1-14-4-5-16(3)17(10-14)26(24,25)22-8-6-20(7-9-22)18(23)13-21-12-15(2)11-19-21/h4-5,10-12H,6-9,13H2,1-3H3. The van der Waals surface area contributed by atoms with Crippen LogP contribution in [-0.4, -0.2) is 59.5 Å². The Morgan fingerprint density at radius 1 is 1.08 bits per heavy atom.